The molecule has 72 valence electrons. The van der Waals surface area contributed by atoms with Gasteiger partial charge in [0, 0.05) is 0 Å². The molecule has 1 aromatic rings. The quantitative estimate of drug-likeness (QED) is 0.717. The summed E-state index contributed by atoms with van der Waals surface area (Å²) in [4.78, 5) is 10.3. The number of nitrogens with one attached hydrogen (secondary N) is 1. The largest absolute Gasteiger partial charge is 0.369 e. The van der Waals surface area contributed by atoms with E-state index >= 15 is 0 Å². The minimum atomic E-state index is -3.54. The van der Waals surface area contributed by atoms with E-state index in [1.807, 2.05) is 0 Å². The van der Waals surface area contributed by atoms with E-state index in [2.05, 4.69) is 4.72 Å². The molecule has 1 amide bonds. The van der Waals surface area contributed by atoms with Gasteiger partial charge in [0.2, 0.25) is 5.91 Å². The van der Waals surface area contributed by atoms with Crippen LogP contribution in [0.5, 0.6) is 0 Å². The van der Waals surface area contributed by atoms with E-state index in [0.717, 1.165) is 11.3 Å². The van der Waals surface area contributed by atoms with Crippen LogP contribution >= 0.6 is 11.3 Å². The van der Waals surface area contributed by atoms with Gasteiger partial charge in [-0.1, -0.05) is 6.07 Å². The Bertz CT molecular complexity index is 382. The van der Waals surface area contributed by atoms with Crippen molar-refractivity contribution in [3.63, 3.8) is 0 Å². The molecule has 0 fully saturated rings. The zero-order valence-electron chi connectivity index (χ0n) is 6.56. The Hall–Kier alpha value is -0.920. The van der Waals surface area contributed by atoms with Crippen LogP contribution < -0.4 is 10.5 Å². The van der Waals surface area contributed by atoms with Crippen LogP contribution in [0.1, 0.15) is 0 Å². The van der Waals surface area contributed by atoms with Crippen LogP contribution in [0, 0.1) is 0 Å². The summed E-state index contributed by atoms with van der Waals surface area (Å²) in [5, 5.41) is 1.64. The zero-order valence-corrected chi connectivity index (χ0v) is 8.19. The lowest BCUT2D eigenvalue weighted by Crippen LogP contribution is -2.32. The minimum Gasteiger partial charge on any atom is -0.369 e. The van der Waals surface area contributed by atoms with Gasteiger partial charge >= 0.3 is 0 Å². The summed E-state index contributed by atoms with van der Waals surface area (Å²) in [7, 11) is -3.54. The first kappa shape index (κ1) is 10.2. The van der Waals surface area contributed by atoms with Crippen molar-refractivity contribution in [3.05, 3.63) is 17.5 Å². The second-order valence-electron chi connectivity index (χ2n) is 2.22. The molecule has 0 aliphatic carbocycles. The molecule has 0 aliphatic heterocycles. The Labute approximate surface area is 79.6 Å². The number of hydrogen-bond donors (Lipinski definition) is 2. The minimum absolute atomic E-state index is 0.175. The van der Waals surface area contributed by atoms with Crippen LogP contribution in [0.15, 0.2) is 21.7 Å². The van der Waals surface area contributed by atoms with Gasteiger partial charge in [-0.15, -0.1) is 11.3 Å². The fraction of sp³-hybridized carbons (Fsp3) is 0.167. The third kappa shape index (κ3) is 2.79. The maximum Gasteiger partial charge on any atom is 0.250 e. The molecule has 1 aromatic heterocycles. The van der Waals surface area contributed by atoms with E-state index in [0.29, 0.717) is 0 Å². The monoisotopic (exact) mass is 220 g/mol. The van der Waals surface area contributed by atoms with Crippen molar-refractivity contribution in [1.82, 2.24) is 4.72 Å². The van der Waals surface area contributed by atoms with Crippen LogP contribution in [-0.2, 0) is 14.8 Å². The summed E-state index contributed by atoms with van der Waals surface area (Å²) in [6.45, 7) is -0.375. The van der Waals surface area contributed by atoms with Gasteiger partial charge in [-0.3, -0.25) is 4.79 Å². The average Bonchev–Trinajstić information content (AvgIpc) is 2.53. The molecule has 0 radical (unpaired) electrons. The van der Waals surface area contributed by atoms with Crippen LogP contribution in [0.4, 0.5) is 0 Å². The van der Waals surface area contributed by atoms with Crippen molar-refractivity contribution in [2.45, 2.75) is 4.21 Å². The molecular formula is C6H8N2O3S2. The lowest BCUT2D eigenvalue weighted by atomic mass is 10.7. The summed E-state index contributed by atoms with van der Waals surface area (Å²) in [6.07, 6.45) is 0. The summed E-state index contributed by atoms with van der Waals surface area (Å²) < 4.78 is 24.8. The topological polar surface area (TPSA) is 89.3 Å². The molecule has 0 aromatic carbocycles. The summed E-state index contributed by atoms with van der Waals surface area (Å²) in [5.74, 6) is -0.708. The fourth-order valence-electron chi connectivity index (χ4n) is 0.654. The highest BCUT2D eigenvalue weighted by Crippen LogP contribution is 2.14. The van der Waals surface area contributed by atoms with Crippen molar-refractivity contribution < 1.29 is 13.2 Å². The smallest absolute Gasteiger partial charge is 0.250 e. The number of primary amides is 1. The lowest BCUT2D eigenvalue weighted by molar-refractivity contribution is -0.116. The molecule has 0 saturated carbocycles. The van der Waals surface area contributed by atoms with Gasteiger partial charge in [-0.2, -0.15) is 0 Å². The molecule has 7 heteroatoms. The Morgan fingerprint density at radius 2 is 2.31 bits per heavy atom. The Morgan fingerprint density at radius 1 is 1.62 bits per heavy atom. The van der Waals surface area contributed by atoms with E-state index in [9.17, 15) is 13.2 Å². The zero-order chi connectivity index (χ0) is 9.90. The standard InChI is InChI=1S/C6H8N2O3S2/c7-5(9)4-8-13(10,11)6-2-1-3-12-6/h1-3,8H,4H2,(H2,7,9). The van der Waals surface area contributed by atoms with Crippen molar-refractivity contribution in [2.24, 2.45) is 5.73 Å². The van der Waals surface area contributed by atoms with Crippen LogP contribution in [-0.4, -0.2) is 20.9 Å². The normalized spacial score (nSPS) is 11.4. The van der Waals surface area contributed by atoms with Gasteiger partial charge in [0.15, 0.2) is 0 Å². The van der Waals surface area contributed by atoms with Crippen molar-refractivity contribution in [3.8, 4) is 0 Å². The molecule has 1 heterocycles. The predicted molar refractivity (Wildman–Crippen MR) is 48.7 cm³/mol. The molecule has 5 nitrogen and oxygen atoms in total. The van der Waals surface area contributed by atoms with Gasteiger partial charge in [-0.05, 0) is 11.4 Å². The molecule has 13 heavy (non-hydrogen) atoms. The van der Waals surface area contributed by atoms with Crippen LogP contribution in [0.25, 0.3) is 0 Å². The number of carbonyl (C=O) groups is 1. The first-order chi connectivity index (χ1) is 6.02. The molecule has 0 bridgehead atoms. The number of sulfonamides is 1. The van der Waals surface area contributed by atoms with E-state index in [4.69, 9.17) is 5.73 Å². The SMILES string of the molecule is NC(=O)CNS(=O)(=O)c1cccs1. The highest BCUT2D eigenvalue weighted by atomic mass is 32.2. The number of thiophene rings is 1. The van der Waals surface area contributed by atoms with Gasteiger partial charge in [0.25, 0.3) is 10.0 Å². The highest BCUT2D eigenvalue weighted by Gasteiger charge is 2.14. The van der Waals surface area contributed by atoms with Crippen LogP contribution in [0.2, 0.25) is 0 Å². The molecule has 1 rings (SSSR count). The lowest BCUT2D eigenvalue weighted by Gasteiger charge is -2.00. The summed E-state index contributed by atoms with van der Waals surface area (Å²) in [5.41, 5.74) is 4.79. The Morgan fingerprint density at radius 3 is 2.77 bits per heavy atom. The maximum atomic E-state index is 11.3. The summed E-state index contributed by atoms with van der Waals surface area (Å²) in [6, 6.07) is 3.07. The molecule has 0 atom stereocenters. The van der Waals surface area contributed by atoms with Gasteiger partial charge in [-0.25, -0.2) is 13.1 Å². The molecule has 0 saturated heterocycles. The number of nitrogens with two attached hydrogens (primary N) is 1. The van der Waals surface area contributed by atoms with Crippen molar-refractivity contribution >= 4 is 27.3 Å². The molecule has 3 N–H and O–H groups in total. The van der Waals surface area contributed by atoms with Gasteiger partial charge in [0.05, 0.1) is 6.54 Å². The van der Waals surface area contributed by atoms with E-state index in [1.165, 1.54) is 6.07 Å². The molecule has 0 aliphatic rings. The molecule has 0 unspecified atom stereocenters. The van der Waals surface area contributed by atoms with E-state index in [-0.39, 0.29) is 10.8 Å². The second-order valence-corrected chi connectivity index (χ2v) is 5.16. The fourth-order valence-corrected chi connectivity index (χ4v) is 2.68. The van der Waals surface area contributed by atoms with E-state index < -0.39 is 15.9 Å². The Kier molecular flexibility index (Phi) is 3.02. The second kappa shape index (κ2) is 3.86. The number of rotatable bonds is 4. The average molecular weight is 220 g/mol. The Balaban J connectivity index is 2.74. The number of amides is 1. The van der Waals surface area contributed by atoms with Crippen molar-refractivity contribution in [1.29, 1.82) is 0 Å². The van der Waals surface area contributed by atoms with Gasteiger partial charge in [0.1, 0.15) is 4.21 Å². The molecule has 0 spiro atoms. The van der Waals surface area contributed by atoms with Crippen molar-refractivity contribution in [2.75, 3.05) is 6.54 Å². The third-order valence-corrected chi connectivity index (χ3v) is 4.00. The number of carbonyl (C=O) groups excluding carboxylic acids is 1. The molecular weight excluding hydrogens is 212 g/mol. The number of hydrogen-bond acceptors (Lipinski definition) is 4. The highest BCUT2D eigenvalue weighted by molar-refractivity contribution is 7.91. The van der Waals surface area contributed by atoms with E-state index in [1.54, 1.807) is 11.4 Å². The predicted octanol–water partition coefficient (Wildman–Crippen LogP) is -0.488. The first-order valence-electron chi connectivity index (χ1n) is 3.34. The summed E-state index contributed by atoms with van der Waals surface area (Å²) >= 11 is 1.08. The maximum absolute atomic E-state index is 11.3. The van der Waals surface area contributed by atoms with Crippen LogP contribution in [0.3, 0.4) is 0 Å². The third-order valence-electron chi connectivity index (χ3n) is 1.20. The van der Waals surface area contributed by atoms with Gasteiger partial charge < -0.3 is 5.73 Å². The first-order valence-corrected chi connectivity index (χ1v) is 5.70.